The fraction of sp³-hybridized carbons (Fsp3) is 1.00. The maximum atomic E-state index is 9.02. The zero-order valence-electron chi connectivity index (χ0n) is 8.74. The number of nitrogens with one attached hydrogen (secondary N) is 1. The average molecular weight is 199 g/mol. The zero-order valence-corrected chi connectivity index (χ0v) is 8.74. The summed E-state index contributed by atoms with van der Waals surface area (Å²) < 4.78 is 5.34. The summed E-state index contributed by atoms with van der Waals surface area (Å²) in [4.78, 5) is 0. The highest BCUT2D eigenvalue weighted by atomic mass is 16.5. The Morgan fingerprint density at radius 2 is 1.86 bits per heavy atom. The van der Waals surface area contributed by atoms with E-state index in [4.69, 9.17) is 9.84 Å². The molecule has 2 fully saturated rings. The largest absolute Gasteiger partial charge is 0.396 e. The second-order valence-electron chi connectivity index (χ2n) is 4.63. The summed E-state index contributed by atoms with van der Waals surface area (Å²) >= 11 is 0. The van der Waals surface area contributed by atoms with Crippen LogP contribution in [0, 0.1) is 5.92 Å². The first-order chi connectivity index (χ1) is 6.88. The summed E-state index contributed by atoms with van der Waals surface area (Å²) in [5.41, 5.74) is 0. The molecule has 1 aliphatic carbocycles. The van der Waals surface area contributed by atoms with Gasteiger partial charge in [-0.15, -0.1) is 0 Å². The molecule has 0 aromatic heterocycles. The number of hydrogen-bond donors (Lipinski definition) is 2. The van der Waals surface area contributed by atoms with Gasteiger partial charge in [-0.05, 0) is 38.0 Å². The van der Waals surface area contributed by atoms with E-state index < -0.39 is 0 Å². The van der Waals surface area contributed by atoms with Crippen molar-refractivity contribution in [2.24, 2.45) is 5.92 Å². The standard InChI is InChI=1S/C11H21NO2/c13-7-9-1-3-10(4-2-9)12-11-5-6-14-8-11/h9-13H,1-8H2. The molecular formula is C11H21NO2. The molecule has 0 aromatic rings. The van der Waals surface area contributed by atoms with Gasteiger partial charge in [0.25, 0.3) is 0 Å². The van der Waals surface area contributed by atoms with Crippen LogP contribution in [0.25, 0.3) is 0 Å². The summed E-state index contributed by atoms with van der Waals surface area (Å²) in [6.07, 6.45) is 5.98. The SMILES string of the molecule is OCC1CCC(NC2CCOC2)CC1. The molecule has 14 heavy (non-hydrogen) atoms. The van der Waals surface area contributed by atoms with Crippen molar-refractivity contribution >= 4 is 0 Å². The molecule has 0 aromatic carbocycles. The van der Waals surface area contributed by atoms with Gasteiger partial charge in [0.1, 0.15) is 0 Å². The Balaban J connectivity index is 1.67. The molecule has 0 bridgehead atoms. The predicted octanol–water partition coefficient (Wildman–Crippen LogP) is 0.916. The first-order valence-corrected chi connectivity index (χ1v) is 5.83. The third-order valence-corrected chi connectivity index (χ3v) is 3.51. The van der Waals surface area contributed by atoms with Gasteiger partial charge in [0.05, 0.1) is 6.61 Å². The number of hydrogen-bond acceptors (Lipinski definition) is 3. The highest BCUT2D eigenvalue weighted by Gasteiger charge is 2.24. The monoisotopic (exact) mass is 199 g/mol. The lowest BCUT2D eigenvalue weighted by molar-refractivity contribution is 0.163. The van der Waals surface area contributed by atoms with Crippen molar-refractivity contribution in [2.75, 3.05) is 19.8 Å². The van der Waals surface area contributed by atoms with Gasteiger partial charge < -0.3 is 15.2 Å². The maximum absolute atomic E-state index is 9.02. The lowest BCUT2D eigenvalue weighted by atomic mass is 9.86. The topological polar surface area (TPSA) is 41.5 Å². The van der Waals surface area contributed by atoms with Crippen molar-refractivity contribution in [3.8, 4) is 0 Å². The molecule has 1 unspecified atom stereocenters. The third-order valence-electron chi connectivity index (χ3n) is 3.51. The fourth-order valence-corrected chi connectivity index (χ4v) is 2.51. The lowest BCUT2D eigenvalue weighted by Crippen LogP contribution is -2.41. The van der Waals surface area contributed by atoms with Crippen molar-refractivity contribution in [3.05, 3.63) is 0 Å². The Labute approximate surface area is 85.8 Å². The zero-order chi connectivity index (χ0) is 9.80. The molecule has 3 nitrogen and oxygen atoms in total. The smallest absolute Gasteiger partial charge is 0.0620 e. The summed E-state index contributed by atoms with van der Waals surface area (Å²) in [5.74, 6) is 0.563. The molecule has 2 rings (SSSR count). The minimum atomic E-state index is 0.374. The Hall–Kier alpha value is -0.120. The van der Waals surface area contributed by atoms with Gasteiger partial charge in [0, 0.05) is 25.3 Å². The van der Waals surface area contributed by atoms with Crippen LogP contribution in [0.4, 0.5) is 0 Å². The summed E-state index contributed by atoms with van der Waals surface area (Å²) in [5, 5.41) is 12.7. The van der Waals surface area contributed by atoms with Crippen molar-refractivity contribution < 1.29 is 9.84 Å². The van der Waals surface area contributed by atoms with E-state index in [1.165, 1.54) is 32.1 Å². The van der Waals surface area contributed by atoms with Crippen LogP contribution in [0.3, 0.4) is 0 Å². The fourth-order valence-electron chi connectivity index (χ4n) is 2.51. The van der Waals surface area contributed by atoms with Crippen molar-refractivity contribution in [2.45, 2.75) is 44.2 Å². The van der Waals surface area contributed by atoms with E-state index >= 15 is 0 Å². The molecule has 1 atom stereocenters. The number of ether oxygens (including phenoxy) is 1. The summed E-state index contributed by atoms with van der Waals surface area (Å²) in [6.45, 7) is 2.18. The highest BCUT2D eigenvalue weighted by Crippen LogP contribution is 2.24. The van der Waals surface area contributed by atoms with E-state index in [-0.39, 0.29) is 0 Å². The van der Waals surface area contributed by atoms with Crippen LogP contribution in [-0.4, -0.2) is 37.0 Å². The molecule has 2 N–H and O–H groups in total. The number of aliphatic hydroxyl groups is 1. The Kier molecular flexibility index (Phi) is 3.79. The van der Waals surface area contributed by atoms with Crippen LogP contribution in [0.1, 0.15) is 32.1 Å². The third kappa shape index (κ3) is 2.69. The van der Waals surface area contributed by atoms with E-state index in [2.05, 4.69) is 5.32 Å². The Morgan fingerprint density at radius 1 is 1.07 bits per heavy atom. The highest BCUT2D eigenvalue weighted by molar-refractivity contribution is 4.81. The molecule has 1 heterocycles. The van der Waals surface area contributed by atoms with E-state index in [9.17, 15) is 0 Å². The van der Waals surface area contributed by atoms with E-state index in [1.807, 2.05) is 0 Å². The maximum Gasteiger partial charge on any atom is 0.0620 e. The number of aliphatic hydroxyl groups excluding tert-OH is 1. The Bertz CT molecular complexity index is 161. The molecule has 2 aliphatic rings. The van der Waals surface area contributed by atoms with E-state index in [1.54, 1.807) is 0 Å². The van der Waals surface area contributed by atoms with Gasteiger partial charge in [0.15, 0.2) is 0 Å². The average Bonchev–Trinajstić information content (AvgIpc) is 2.72. The molecular weight excluding hydrogens is 178 g/mol. The lowest BCUT2D eigenvalue weighted by Gasteiger charge is -2.29. The molecule has 0 amide bonds. The van der Waals surface area contributed by atoms with Gasteiger partial charge in [-0.3, -0.25) is 0 Å². The second kappa shape index (κ2) is 5.10. The normalized spacial score (nSPS) is 38.8. The van der Waals surface area contributed by atoms with Gasteiger partial charge in [-0.2, -0.15) is 0 Å². The summed E-state index contributed by atoms with van der Waals surface area (Å²) in [6, 6.07) is 1.26. The molecule has 3 heteroatoms. The molecule has 82 valence electrons. The van der Waals surface area contributed by atoms with Crippen LogP contribution >= 0.6 is 0 Å². The van der Waals surface area contributed by atoms with E-state index in [0.29, 0.717) is 24.6 Å². The van der Waals surface area contributed by atoms with Crippen LogP contribution in [0.5, 0.6) is 0 Å². The Morgan fingerprint density at radius 3 is 2.43 bits per heavy atom. The molecule has 1 saturated carbocycles. The van der Waals surface area contributed by atoms with Gasteiger partial charge in [-0.1, -0.05) is 0 Å². The predicted molar refractivity (Wildman–Crippen MR) is 55.2 cm³/mol. The molecule has 0 radical (unpaired) electrons. The van der Waals surface area contributed by atoms with Crippen LogP contribution < -0.4 is 5.32 Å². The van der Waals surface area contributed by atoms with Crippen molar-refractivity contribution in [3.63, 3.8) is 0 Å². The van der Waals surface area contributed by atoms with Crippen LogP contribution in [0.2, 0.25) is 0 Å². The first-order valence-electron chi connectivity index (χ1n) is 5.83. The first kappa shape index (κ1) is 10.4. The van der Waals surface area contributed by atoms with Crippen molar-refractivity contribution in [1.29, 1.82) is 0 Å². The van der Waals surface area contributed by atoms with Gasteiger partial charge >= 0.3 is 0 Å². The van der Waals surface area contributed by atoms with Gasteiger partial charge in [-0.25, -0.2) is 0 Å². The molecule has 1 saturated heterocycles. The minimum absolute atomic E-state index is 0.374. The van der Waals surface area contributed by atoms with Crippen LogP contribution in [0.15, 0.2) is 0 Å². The molecule has 1 aliphatic heterocycles. The van der Waals surface area contributed by atoms with Gasteiger partial charge in [0.2, 0.25) is 0 Å². The van der Waals surface area contributed by atoms with Crippen molar-refractivity contribution in [1.82, 2.24) is 5.32 Å². The summed E-state index contributed by atoms with van der Waals surface area (Å²) in [7, 11) is 0. The van der Waals surface area contributed by atoms with Crippen LogP contribution in [-0.2, 0) is 4.74 Å². The molecule has 0 spiro atoms. The van der Waals surface area contributed by atoms with E-state index in [0.717, 1.165) is 13.2 Å². The number of rotatable bonds is 3. The quantitative estimate of drug-likeness (QED) is 0.710. The second-order valence-corrected chi connectivity index (χ2v) is 4.63. The minimum Gasteiger partial charge on any atom is -0.396 e.